The van der Waals surface area contributed by atoms with Crippen molar-refractivity contribution in [3.05, 3.63) is 96.0 Å². The lowest BCUT2D eigenvalue weighted by atomic mass is 10.0. The summed E-state index contributed by atoms with van der Waals surface area (Å²) in [5.74, 6) is -1.45. The number of carbonyl (C=O) groups is 3. The second-order valence-electron chi connectivity index (χ2n) is 10.8. The SMILES string of the molecule is CC(=O)c1cn(CC(=O)N2C[C@H](F)C[C@H]2C(=O)Cc2cc(C)nn2-c2ccccc2F)c2ccc(-c3ccnnc3)cc12. The van der Waals surface area contributed by atoms with Gasteiger partial charge in [0.2, 0.25) is 5.91 Å². The first-order valence-corrected chi connectivity index (χ1v) is 13.9. The van der Waals surface area contributed by atoms with Crippen molar-refractivity contribution in [1.29, 1.82) is 0 Å². The summed E-state index contributed by atoms with van der Waals surface area (Å²) in [7, 11) is 0. The molecule has 0 radical (unpaired) electrons. The summed E-state index contributed by atoms with van der Waals surface area (Å²) in [6.07, 6.45) is 3.19. The average molecular weight is 583 g/mol. The largest absolute Gasteiger partial charge is 0.337 e. The maximum atomic E-state index is 14.7. The van der Waals surface area contributed by atoms with E-state index in [9.17, 15) is 23.2 Å². The lowest BCUT2D eigenvalue weighted by molar-refractivity contribution is -0.137. The van der Waals surface area contributed by atoms with E-state index in [0.29, 0.717) is 27.9 Å². The summed E-state index contributed by atoms with van der Waals surface area (Å²) in [5.41, 5.74) is 4.01. The van der Waals surface area contributed by atoms with Crippen molar-refractivity contribution in [1.82, 2.24) is 29.4 Å². The average Bonchev–Trinajstić information content (AvgIpc) is 3.68. The van der Waals surface area contributed by atoms with Gasteiger partial charge in [-0.05, 0) is 55.8 Å². The number of halogens is 2. The maximum Gasteiger partial charge on any atom is 0.243 e. The van der Waals surface area contributed by atoms with Crippen LogP contribution in [-0.4, -0.2) is 65.7 Å². The highest BCUT2D eigenvalue weighted by Crippen LogP contribution is 2.29. The van der Waals surface area contributed by atoms with Crippen molar-refractivity contribution in [3.63, 3.8) is 0 Å². The van der Waals surface area contributed by atoms with E-state index < -0.39 is 23.9 Å². The summed E-state index contributed by atoms with van der Waals surface area (Å²) in [5, 5.41) is 12.7. The summed E-state index contributed by atoms with van der Waals surface area (Å²) >= 11 is 0. The Bertz CT molecular complexity index is 1870. The Morgan fingerprint density at radius 3 is 2.58 bits per heavy atom. The van der Waals surface area contributed by atoms with Crippen LogP contribution in [0, 0.1) is 12.7 Å². The molecule has 1 saturated heterocycles. The van der Waals surface area contributed by atoms with Crippen LogP contribution >= 0.6 is 0 Å². The molecular weight excluding hydrogens is 554 g/mol. The molecule has 1 fully saturated rings. The molecule has 0 saturated carbocycles. The molecule has 0 unspecified atom stereocenters. The molecule has 5 aromatic rings. The Labute approximate surface area is 245 Å². The third-order valence-electron chi connectivity index (χ3n) is 7.77. The molecule has 0 N–H and O–H groups in total. The summed E-state index contributed by atoms with van der Waals surface area (Å²) in [6, 6.07) is 14.2. The highest BCUT2D eigenvalue weighted by atomic mass is 19.1. The third-order valence-corrected chi connectivity index (χ3v) is 7.77. The molecule has 11 heteroatoms. The van der Waals surface area contributed by atoms with Crippen molar-refractivity contribution in [2.24, 2.45) is 0 Å². The van der Waals surface area contributed by atoms with Gasteiger partial charge in [-0.2, -0.15) is 15.3 Å². The van der Waals surface area contributed by atoms with Crippen LogP contribution in [0.3, 0.4) is 0 Å². The minimum Gasteiger partial charge on any atom is -0.337 e. The van der Waals surface area contributed by atoms with E-state index in [0.717, 1.165) is 11.1 Å². The predicted molar refractivity (Wildman–Crippen MR) is 155 cm³/mol. The van der Waals surface area contributed by atoms with Gasteiger partial charge in [0, 0.05) is 34.6 Å². The number of amides is 1. The normalized spacial score (nSPS) is 16.6. The number of benzene rings is 2. The third kappa shape index (κ3) is 5.45. The van der Waals surface area contributed by atoms with Crippen molar-refractivity contribution in [3.8, 4) is 16.8 Å². The molecule has 43 heavy (non-hydrogen) atoms. The number of ketones is 2. The van der Waals surface area contributed by atoms with Gasteiger partial charge in [0.1, 0.15) is 24.2 Å². The fourth-order valence-corrected chi connectivity index (χ4v) is 5.76. The van der Waals surface area contributed by atoms with Crippen molar-refractivity contribution >= 4 is 28.4 Å². The highest BCUT2D eigenvalue weighted by molar-refractivity contribution is 6.08. The van der Waals surface area contributed by atoms with E-state index in [1.807, 2.05) is 24.3 Å². The summed E-state index contributed by atoms with van der Waals surface area (Å²) in [4.78, 5) is 40.9. The second kappa shape index (κ2) is 11.3. The number of alkyl halides is 1. The van der Waals surface area contributed by atoms with Gasteiger partial charge in [-0.15, -0.1) is 0 Å². The number of Topliss-reactive ketones (excluding diaryl/α,β-unsaturated/α-hetero) is 2. The van der Waals surface area contributed by atoms with Gasteiger partial charge in [-0.25, -0.2) is 13.5 Å². The van der Waals surface area contributed by atoms with Crippen LogP contribution in [0.15, 0.2) is 73.2 Å². The van der Waals surface area contributed by atoms with Crippen LogP contribution in [0.5, 0.6) is 0 Å². The Hall–Kier alpha value is -5.06. The van der Waals surface area contributed by atoms with Crippen molar-refractivity contribution in [2.75, 3.05) is 6.54 Å². The maximum absolute atomic E-state index is 14.7. The van der Waals surface area contributed by atoms with Gasteiger partial charge in [0.25, 0.3) is 0 Å². The number of aryl methyl sites for hydroxylation is 1. The Morgan fingerprint density at radius 2 is 1.84 bits per heavy atom. The van der Waals surface area contributed by atoms with Gasteiger partial charge >= 0.3 is 0 Å². The fraction of sp³-hybridized carbons (Fsp3) is 0.250. The molecule has 0 spiro atoms. The molecule has 2 atom stereocenters. The van der Waals surface area contributed by atoms with E-state index in [2.05, 4.69) is 15.3 Å². The molecule has 0 aliphatic carbocycles. The number of fused-ring (bicyclic) bond motifs is 1. The van der Waals surface area contributed by atoms with Gasteiger partial charge in [0.05, 0.1) is 42.8 Å². The molecule has 1 aliphatic rings. The molecule has 6 rings (SSSR count). The van der Waals surface area contributed by atoms with E-state index in [4.69, 9.17) is 0 Å². The Balaban J connectivity index is 1.26. The molecule has 1 amide bonds. The van der Waals surface area contributed by atoms with Crippen LogP contribution in [-0.2, 0) is 22.6 Å². The number of para-hydroxylation sites is 1. The molecule has 4 heterocycles. The minimum absolute atomic E-state index is 0.119. The molecule has 2 aromatic carbocycles. The predicted octanol–water partition coefficient (Wildman–Crippen LogP) is 4.68. The van der Waals surface area contributed by atoms with E-state index in [1.165, 1.54) is 22.6 Å². The molecular formula is C32H28F2N6O3. The lowest BCUT2D eigenvalue weighted by Gasteiger charge is -2.24. The lowest BCUT2D eigenvalue weighted by Crippen LogP contribution is -2.43. The zero-order chi connectivity index (χ0) is 30.2. The second-order valence-corrected chi connectivity index (χ2v) is 10.8. The minimum atomic E-state index is -1.36. The zero-order valence-electron chi connectivity index (χ0n) is 23.6. The standard InChI is InChI=1S/C32H28F2N6O3/c1-19-11-24(40(37-19)29-6-4-3-5-27(29)34)14-31(42)30-13-23(33)16-39(30)32(43)18-38-17-26(20(2)41)25-12-21(7-8-28(25)38)22-9-10-35-36-15-22/h3-12,15,17,23,30H,13-14,16,18H2,1-2H3/t23-,30+/m1/s1. The molecule has 1 aliphatic heterocycles. The Morgan fingerprint density at radius 1 is 1.02 bits per heavy atom. The van der Waals surface area contributed by atoms with Crippen molar-refractivity contribution in [2.45, 2.75) is 45.4 Å². The van der Waals surface area contributed by atoms with Gasteiger partial charge in [0.15, 0.2) is 11.6 Å². The molecule has 3 aromatic heterocycles. The van der Waals surface area contributed by atoms with Crippen LogP contribution < -0.4 is 0 Å². The zero-order valence-corrected chi connectivity index (χ0v) is 23.6. The number of nitrogens with zero attached hydrogens (tertiary/aromatic N) is 6. The number of rotatable bonds is 8. The van der Waals surface area contributed by atoms with Crippen LogP contribution in [0.2, 0.25) is 0 Å². The number of hydrogen-bond acceptors (Lipinski definition) is 6. The molecule has 218 valence electrons. The smallest absolute Gasteiger partial charge is 0.243 e. The monoisotopic (exact) mass is 582 g/mol. The fourth-order valence-electron chi connectivity index (χ4n) is 5.76. The molecule has 9 nitrogen and oxygen atoms in total. The van der Waals surface area contributed by atoms with Crippen LogP contribution in [0.1, 0.15) is 35.1 Å². The Kier molecular flexibility index (Phi) is 7.39. The number of hydrogen-bond donors (Lipinski definition) is 0. The summed E-state index contributed by atoms with van der Waals surface area (Å²) in [6.45, 7) is 2.81. The summed E-state index contributed by atoms with van der Waals surface area (Å²) < 4.78 is 32.3. The van der Waals surface area contributed by atoms with Crippen LogP contribution in [0.4, 0.5) is 8.78 Å². The van der Waals surface area contributed by atoms with Gasteiger partial charge < -0.3 is 9.47 Å². The van der Waals surface area contributed by atoms with E-state index in [1.54, 1.807) is 54.3 Å². The quantitative estimate of drug-likeness (QED) is 0.246. The number of likely N-dealkylation sites (tertiary alicyclic amines) is 1. The first kappa shape index (κ1) is 28.1. The topological polar surface area (TPSA) is 103 Å². The highest BCUT2D eigenvalue weighted by Gasteiger charge is 2.40. The molecule has 0 bridgehead atoms. The number of carbonyl (C=O) groups excluding carboxylic acids is 3. The first-order valence-electron chi connectivity index (χ1n) is 13.9. The van der Waals surface area contributed by atoms with E-state index in [-0.39, 0.29) is 43.2 Å². The van der Waals surface area contributed by atoms with Gasteiger partial charge in [-0.3, -0.25) is 14.4 Å². The first-order chi connectivity index (χ1) is 20.7. The van der Waals surface area contributed by atoms with E-state index >= 15 is 0 Å². The van der Waals surface area contributed by atoms with Crippen LogP contribution in [0.25, 0.3) is 27.7 Å². The number of aromatic nitrogens is 5. The van der Waals surface area contributed by atoms with Gasteiger partial charge in [-0.1, -0.05) is 18.2 Å². The van der Waals surface area contributed by atoms with Crippen molar-refractivity contribution < 1.29 is 23.2 Å².